The Labute approximate surface area is 465 Å². The first-order valence-corrected chi connectivity index (χ1v) is 34.2. The van der Waals surface area contributed by atoms with E-state index < -0.39 is 103 Å². The minimum atomic E-state index is -4.89. The zero-order valence-electron chi connectivity index (χ0n) is 42.8. The van der Waals surface area contributed by atoms with Crippen LogP contribution in [0.5, 0.6) is 5.75 Å². The molecule has 430 valence electrons. The van der Waals surface area contributed by atoms with Crippen molar-refractivity contribution in [2.75, 3.05) is 29.4 Å². The van der Waals surface area contributed by atoms with Crippen LogP contribution in [0.15, 0.2) is 55.1 Å². The lowest BCUT2D eigenvalue weighted by Crippen LogP contribution is -2.61. The van der Waals surface area contributed by atoms with Gasteiger partial charge in [0.25, 0.3) is 0 Å². The SMILES string of the molecule is C[C@]12C[C@@H]3C[C@](C)(C1)C[C@@](Nc1nc(Cl)nc4c1ncn4[C@@H]1O[C@H](CCP(=O)(O)CP(=O)(O)O)C(O)C1Oc1ccc4c(c1)c1ccccc1n4-c1nc(Cl)nc4c1ncn4[C@@H]1O[C@H](CCP(=O)(O)CP(=O)(O)O)C(O)C1O)(C3)C2. The predicted octanol–water partition coefficient (Wildman–Crippen LogP) is 6.45. The molecule has 7 aromatic rings. The Bertz CT molecular complexity index is 3820. The van der Waals surface area contributed by atoms with Crippen molar-refractivity contribution >= 4 is 103 Å². The molecule has 80 heavy (non-hydrogen) atoms. The number of hydrogen-bond acceptors (Lipinski definition) is 17. The van der Waals surface area contributed by atoms with Crippen LogP contribution in [0.4, 0.5) is 5.82 Å². The minimum absolute atomic E-state index is 0.0736. The molecule has 0 spiro atoms. The molecule has 2 aliphatic heterocycles. The first-order chi connectivity index (χ1) is 37.5. The zero-order valence-corrected chi connectivity index (χ0v) is 47.9. The summed E-state index contributed by atoms with van der Waals surface area (Å²) in [6.07, 6.45) is -3.57. The molecule has 0 radical (unpaired) electrons. The minimum Gasteiger partial charge on any atom is -0.483 e. The van der Waals surface area contributed by atoms with Crippen LogP contribution in [0.2, 0.25) is 10.6 Å². The fraction of sp³-hybridized carbons (Fsp3) is 0.542. The van der Waals surface area contributed by atoms with Crippen molar-refractivity contribution in [2.45, 2.75) is 120 Å². The number of aliphatic hydroxyl groups excluding tert-OH is 3. The van der Waals surface area contributed by atoms with E-state index in [1.807, 2.05) is 18.2 Å². The van der Waals surface area contributed by atoms with Gasteiger partial charge in [-0.2, -0.15) is 19.9 Å². The van der Waals surface area contributed by atoms with Crippen molar-refractivity contribution in [3.63, 3.8) is 0 Å². The highest BCUT2D eigenvalue weighted by atomic mass is 35.5. The molecule has 14 atom stereocenters. The van der Waals surface area contributed by atoms with Gasteiger partial charge in [0.05, 0.1) is 35.9 Å². The van der Waals surface area contributed by atoms with Crippen molar-refractivity contribution in [3.8, 4) is 11.6 Å². The number of nitrogens with zero attached hydrogens (tertiary/aromatic N) is 9. The van der Waals surface area contributed by atoms with Gasteiger partial charge in [-0.25, -0.2) is 9.97 Å². The summed E-state index contributed by atoms with van der Waals surface area (Å²) in [5.41, 5.74) is 2.17. The van der Waals surface area contributed by atoms with E-state index in [4.69, 9.17) is 42.4 Å². The van der Waals surface area contributed by atoms with Crippen molar-refractivity contribution in [3.05, 3.63) is 65.7 Å². The molecule has 6 unspecified atom stereocenters. The number of halogens is 2. The average molecular weight is 1230 g/mol. The van der Waals surface area contributed by atoms with Gasteiger partial charge in [-0.1, -0.05) is 32.0 Å². The number of benzene rings is 2. The summed E-state index contributed by atoms with van der Waals surface area (Å²) in [7, 11) is -18.5. The molecule has 26 nitrogen and oxygen atoms in total. The number of aromatic nitrogens is 9. The van der Waals surface area contributed by atoms with Gasteiger partial charge in [0.15, 0.2) is 52.5 Å². The molecule has 2 saturated heterocycles. The Hall–Kier alpha value is -4.00. The van der Waals surface area contributed by atoms with Crippen LogP contribution >= 0.6 is 53.1 Å². The molecule has 4 saturated carbocycles. The summed E-state index contributed by atoms with van der Waals surface area (Å²) in [6.45, 7) is 4.73. The number of para-hydroxylation sites is 1. The Kier molecular flexibility index (Phi) is 14.0. The Morgan fingerprint density at radius 3 is 1.88 bits per heavy atom. The summed E-state index contributed by atoms with van der Waals surface area (Å²) in [4.78, 5) is 86.2. The number of ether oxygens (including phenoxy) is 3. The summed E-state index contributed by atoms with van der Waals surface area (Å²) in [6, 6.07) is 12.4. The van der Waals surface area contributed by atoms with Gasteiger partial charge in [-0.05, 0) is 116 Å². The van der Waals surface area contributed by atoms with Gasteiger partial charge in [-0.3, -0.25) is 32.0 Å². The van der Waals surface area contributed by atoms with Crippen LogP contribution in [-0.2, 0) is 27.7 Å². The van der Waals surface area contributed by atoms with Crippen LogP contribution < -0.4 is 10.1 Å². The van der Waals surface area contributed by atoms with Gasteiger partial charge in [-0.15, -0.1) is 0 Å². The molecule has 13 rings (SSSR count). The number of fused-ring (bicyclic) bond motifs is 5. The first-order valence-electron chi connectivity index (χ1n) is 25.8. The molecular weight excluding hydrogens is 1170 g/mol. The van der Waals surface area contributed by atoms with E-state index in [0.717, 1.165) is 25.7 Å². The molecule has 4 aliphatic carbocycles. The molecule has 6 aliphatic rings. The topological polar surface area (TPSA) is 382 Å². The molecule has 6 fully saturated rings. The van der Waals surface area contributed by atoms with Crippen LogP contribution in [-0.4, -0.2) is 155 Å². The number of hydrogen-bond donors (Lipinski definition) is 10. The maximum absolute atomic E-state index is 13.1. The molecule has 7 heterocycles. The second-order valence-corrected chi connectivity index (χ2v) is 33.3. The van der Waals surface area contributed by atoms with Crippen LogP contribution in [0.25, 0.3) is 50.0 Å². The highest BCUT2D eigenvalue weighted by Gasteiger charge is 2.60. The highest BCUT2D eigenvalue weighted by molar-refractivity contribution is 7.73. The summed E-state index contributed by atoms with van der Waals surface area (Å²) < 4.78 is 72.9. The Morgan fingerprint density at radius 2 is 1.24 bits per heavy atom. The zero-order chi connectivity index (χ0) is 56.9. The lowest BCUT2D eigenvalue weighted by molar-refractivity contribution is -0.0973. The summed E-state index contributed by atoms with van der Waals surface area (Å²) in [5.74, 6) is -1.06. The summed E-state index contributed by atoms with van der Waals surface area (Å²) >= 11 is 13.4. The van der Waals surface area contributed by atoms with Crippen LogP contribution in [0.3, 0.4) is 0 Å². The summed E-state index contributed by atoms with van der Waals surface area (Å²) in [5, 5.41) is 39.2. The molecular formula is C48H58Cl2N10O16P4. The largest absolute Gasteiger partial charge is 0.483 e. The number of rotatable bonds is 17. The molecule has 2 aromatic carbocycles. The van der Waals surface area contributed by atoms with E-state index in [-0.39, 0.29) is 68.2 Å². The molecule has 5 aromatic heterocycles. The third-order valence-electron chi connectivity index (χ3n) is 16.4. The third kappa shape index (κ3) is 10.7. The second kappa shape index (κ2) is 19.8. The van der Waals surface area contributed by atoms with Gasteiger partial charge < -0.3 is 64.2 Å². The Morgan fingerprint density at radius 1 is 0.675 bits per heavy atom. The maximum Gasteiger partial charge on any atom is 0.335 e. The third-order valence-corrected chi connectivity index (χ3v) is 25.2. The van der Waals surface area contributed by atoms with Crippen molar-refractivity contribution in [2.24, 2.45) is 16.7 Å². The average Bonchev–Trinajstić information content (AvgIpc) is 4.18. The lowest BCUT2D eigenvalue weighted by Gasteiger charge is -2.65. The van der Waals surface area contributed by atoms with Crippen molar-refractivity contribution in [1.82, 2.24) is 43.6 Å². The van der Waals surface area contributed by atoms with E-state index in [2.05, 4.69) is 44.1 Å². The van der Waals surface area contributed by atoms with E-state index in [1.54, 1.807) is 33.4 Å². The molecule has 10 N–H and O–H groups in total. The molecule has 32 heteroatoms. The second-order valence-electron chi connectivity index (χ2n) is 23.4. The molecule has 0 amide bonds. The highest BCUT2D eigenvalue weighted by Crippen LogP contribution is 2.67. The van der Waals surface area contributed by atoms with E-state index in [0.29, 0.717) is 39.1 Å². The van der Waals surface area contributed by atoms with E-state index in [1.165, 1.54) is 30.1 Å². The van der Waals surface area contributed by atoms with E-state index >= 15 is 0 Å². The number of anilines is 1. The molecule has 4 bridgehead atoms. The number of nitrogens with one attached hydrogen (secondary N) is 1. The number of imidazole rings is 2. The predicted molar refractivity (Wildman–Crippen MR) is 291 cm³/mol. The van der Waals surface area contributed by atoms with Crippen LogP contribution in [0.1, 0.15) is 77.7 Å². The van der Waals surface area contributed by atoms with Crippen molar-refractivity contribution < 1.29 is 77.2 Å². The van der Waals surface area contributed by atoms with Crippen LogP contribution in [0, 0.1) is 16.7 Å². The smallest absolute Gasteiger partial charge is 0.335 e. The lowest BCUT2D eigenvalue weighted by atomic mass is 9.43. The fourth-order valence-corrected chi connectivity index (χ4v) is 21.9. The van der Waals surface area contributed by atoms with E-state index in [9.17, 15) is 62.9 Å². The standard InChI is InChI=1S/C48H58Cl2N10O16P4/c1-46-14-24-15-47(2,17-46)19-48(16-24,18-46)57-38-32-39(54-44(49)53-38)59(20-51-32)43-37(35(62)31(76-43)10-12-78(66,67)23-80(71,72)73)74-25-7-8-29-27(13-25)26-5-3-4-6-28(26)60(29)41-33-40(55-45(50)56-41)58(21-52-33)42-36(63)34(61)30(75-42)9-11-77(64,65)22-79(68,69)70/h3-8,13,20-21,24,30-31,34-37,42-43,61-63H,9-12,14-19,22-23H2,1-2H3,(H,64,65)(H,66,67)(H,53,54,57)(H2,68,69,70)(H2,71,72,73)/t24-,30-,31-,34?,35?,36?,37?,42-,43-,46+,47-,48-/m1/s1. The van der Waals surface area contributed by atoms with Gasteiger partial charge in [0, 0.05) is 28.6 Å². The monoisotopic (exact) mass is 1220 g/mol. The van der Waals surface area contributed by atoms with Crippen molar-refractivity contribution in [1.29, 1.82) is 0 Å². The quantitative estimate of drug-likeness (QED) is 0.0346. The fourth-order valence-electron chi connectivity index (χ4n) is 14.5. The Balaban J connectivity index is 0.879. The maximum atomic E-state index is 13.1. The normalized spacial score (nSPS) is 32.1. The first kappa shape index (κ1) is 56.5. The van der Waals surface area contributed by atoms with Gasteiger partial charge in [0.1, 0.15) is 35.9 Å². The number of aliphatic hydroxyl groups is 3. The van der Waals surface area contributed by atoms with Gasteiger partial charge >= 0.3 is 15.2 Å². The van der Waals surface area contributed by atoms with Gasteiger partial charge in [0.2, 0.25) is 25.3 Å².